The summed E-state index contributed by atoms with van der Waals surface area (Å²) in [6.45, 7) is 0.696. The summed E-state index contributed by atoms with van der Waals surface area (Å²) in [5.74, 6) is -0.0126. The third-order valence-corrected chi connectivity index (χ3v) is 3.73. The van der Waals surface area contributed by atoms with Crippen LogP contribution in [0.5, 0.6) is 0 Å². The fourth-order valence-corrected chi connectivity index (χ4v) is 2.49. The normalized spacial score (nSPS) is 12.2. The van der Waals surface area contributed by atoms with Crippen LogP contribution < -0.4 is 5.32 Å². The molecule has 19 heavy (non-hydrogen) atoms. The van der Waals surface area contributed by atoms with E-state index in [0.717, 1.165) is 16.6 Å². The van der Waals surface area contributed by atoms with E-state index >= 15 is 0 Å². The van der Waals surface area contributed by atoms with Crippen LogP contribution in [-0.4, -0.2) is 22.8 Å². The molecule has 0 saturated heterocycles. The summed E-state index contributed by atoms with van der Waals surface area (Å²) in [5, 5.41) is 4.48. The zero-order valence-corrected chi connectivity index (χ0v) is 11.4. The number of hydrogen-bond acceptors (Lipinski definition) is 2. The van der Waals surface area contributed by atoms with Crippen LogP contribution in [0.1, 0.15) is 5.69 Å². The predicted molar refractivity (Wildman–Crippen MR) is 73.5 cm³/mol. The van der Waals surface area contributed by atoms with E-state index in [1.165, 1.54) is 0 Å². The second-order valence-electron chi connectivity index (χ2n) is 3.93. The first-order valence-electron chi connectivity index (χ1n) is 5.64. The Bertz CT molecular complexity index is 553. The number of benzene rings is 1. The van der Waals surface area contributed by atoms with Gasteiger partial charge in [0.2, 0.25) is 0 Å². The first kappa shape index (κ1) is 14.6. The summed E-state index contributed by atoms with van der Waals surface area (Å²) in [6, 6.07) is 7.59. The zero-order chi connectivity index (χ0) is 13.9. The Balaban J connectivity index is 1.87. The summed E-state index contributed by atoms with van der Waals surface area (Å²) in [6.07, 6.45) is 0. The van der Waals surface area contributed by atoms with E-state index in [1.807, 2.05) is 24.3 Å². The summed E-state index contributed by atoms with van der Waals surface area (Å²) in [5.41, 5.74) is -2.45. The van der Waals surface area contributed by atoms with Crippen molar-refractivity contribution in [3.8, 4) is 0 Å². The fourth-order valence-electron chi connectivity index (χ4n) is 1.74. The Morgan fingerprint density at radius 2 is 2.00 bits per heavy atom. The van der Waals surface area contributed by atoms with Crippen LogP contribution >= 0.6 is 23.4 Å². The van der Waals surface area contributed by atoms with E-state index in [1.54, 1.807) is 0 Å². The van der Waals surface area contributed by atoms with Crippen LogP contribution in [0.25, 0.3) is 10.9 Å². The number of nitrogens with one attached hydrogen (secondary N) is 2. The van der Waals surface area contributed by atoms with Crippen LogP contribution in [0.15, 0.2) is 24.3 Å². The van der Waals surface area contributed by atoms with Crippen molar-refractivity contribution in [3.63, 3.8) is 0 Å². The first-order chi connectivity index (χ1) is 8.97. The maximum absolute atomic E-state index is 11.9. The maximum atomic E-state index is 11.9. The van der Waals surface area contributed by atoms with E-state index in [4.69, 9.17) is 11.6 Å². The van der Waals surface area contributed by atoms with Crippen molar-refractivity contribution in [2.45, 2.75) is 12.1 Å². The van der Waals surface area contributed by atoms with E-state index in [2.05, 4.69) is 10.3 Å². The van der Waals surface area contributed by atoms with Gasteiger partial charge >= 0.3 is 5.51 Å². The zero-order valence-electron chi connectivity index (χ0n) is 9.85. The number of hydrogen-bond donors (Lipinski definition) is 2. The molecule has 0 bridgehead atoms. The molecule has 2 aromatic rings. The van der Waals surface area contributed by atoms with Crippen molar-refractivity contribution in [1.29, 1.82) is 0 Å². The number of aromatic amines is 1. The average Bonchev–Trinajstić information content (AvgIpc) is 2.65. The Morgan fingerprint density at radius 3 is 2.68 bits per heavy atom. The second kappa shape index (κ2) is 6.07. The van der Waals surface area contributed by atoms with Crippen molar-refractivity contribution in [2.75, 3.05) is 12.3 Å². The lowest BCUT2D eigenvalue weighted by Gasteiger charge is -2.06. The van der Waals surface area contributed by atoms with Gasteiger partial charge in [-0.1, -0.05) is 29.8 Å². The van der Waals surface area contributed by atoms with Gasteiger partial charge in [0.15, 0.2) is 0 Å². The molecular formula is C12H12ClF3N2S. The van der Waals surface area contributed by atoms with Crippen molar-refractivity contribution in [3.05, 3.63) is 35.0 Å². The molecule has 0 atom stereocenters. The standard InChI is InChI=1S/C12H12ClF3N2S/c13-11-8-3-1-2-4-9(8)18-10(11)7-17-5-6-19-12(14,15)16/h1-4,17-18H,5-7H2. The molecule has 0 amide bonds. The molecule has 0 aliphatic carbocycles. The molecule has 0 saturated carbocycles. The van der Waals surface area contributed by atoms with Gasteiger partial charge in [-0.15, -0.1) is 0 Å². The second-order valence-corrected chi connectivity index (χ2v) is 5.47. The third-order valence-electron chi connectivity index (χ3n) is 2.56. The summed E-state index contributed by atoms with van der Waals surface area (Å²) >= 11 is 6.16. The minimum absolute atomic E-state index is 0.0126. The Kier molecular flexibility index (Phi) is 4.65. The minimum atomic E-state index is -4.17. The van der Waals surface area contributed by atoms with Gasteiger partial charge in [-0.25, -0.2) is 0 Å². The van der Waals surface area contributed by atoms with Gasteiger partial charge in [0, 0.05) is 35.4 Å². The van der Waals surface area contributed by atoms with Crippen LogP contribution in [0, 0.1) is 0 Å². The molecule has 2 nitrogen and oxygen atoms in total. The molecule has 0 aliphatic heterocycles. The topological polar surface area (TPSA) is 27.8 Å². The molecule has 1 heterocycles. The van der Waals surface area contributed by atoms with Gasteiger partial charge in [0.25, 0.3) is 0 Å². The van der Waals surface area contributed by atoms with Crippen molar-refractivity contribution >= 4 is 34.3 Å². The molecule has 0 unspecified atom stereocenters. The molecule has 1 aromatic carbocycles. The Morgan fingerprint density at radius 1 is 1.26 bits per heavy atom. The van der Waals surface area contributed by atoms with Crippen LogP contribution in [-0.2, 0) is 6.54 Å². The number of para-hydroxylation sites is 1. The van der Waals surface area contributed by atoms with Crippen LogP contribution in [0.3, 0.4) is 0 Å². The Hall–Kier alpha value is -0.850. The number of halogens is 4. The van der Waals surface area contributed by atoms with E-state index in [-0.39, 0.29) is 24.1 Å². The molecule has 0 aliphatic rings. The molecule has 2 rings (SSSR count). The molecule has 1 aromatic heterocycles. The van der Waals surface area contributed by atoms with Crippen molar-refractivity contribution in [2.24, 2.45) is 0 Å². The van der Waals surface area contributed by atoms with Gasteiger partial charge in [0.05, 0.1) is 5.02 Å². The monoisotopic (exact) mass is 308 g/mol. The number of aromatic nitrogens is 1. The number of fused-ring (bicyclic) bond motifs is 1. The smallest absolute Gasteiger partial charge is 0.356 e. The van der Waals surface area contributed by atoms with Crippen LogP contribution in [0.4, 0.5) is 13.2 Å². The van der Waals surface area contributed by atoms with E-state index in [9.17, 15) is 13.2 Å². The highest BCUT2D eigenvalue weighted by atomic mass is 35.5. The molecule has 0 radical (unpaired) electrons. The predicted octanol–water partition coefficient (Wildman–Crippen LogP) is 4.16. The molecule has 7 heteroatoms. The SMILES string of the molecule is FC(F)(F)SCCNCc1[nH]c2ccccc2c1Cl. The Labute approximate surface area is 117 Å². The average molecular weight is 309 g/mol. The highest BCUT2D eigenvalue weighted by molar-refractivity contribution is 8.00. The molecule has 104 valence electrons. The minimum Gasteiger partial charge on any atom is -0.356 e. The summed E-state index contributed by atoms with van der Waals surface area (Å²) in [7, 11) is 0. The lowest BCUT2D eigenvalue weighted by molar-refractivity contribution is -0.0327. The molecule has 2 N–H and O–H groups in total. The van der Waals surface area contributed by atoms with Crippen molar-refractivity contribution in [1.82, 2.24) is 10.3 Å². The highest BCUT2D eigenvalue weighted by Gasteiger charge is 2.27. The van der Waals surface area contributed by atoms with Gasteiger partial charge in [0.1, 0.15) is 0 Å². The number of thioether (sulfide) groups is 1. The quantitative estimate of drug-likeness (QED) is 0.812. The maximum Gasteiger partial charge on any atom is 0.441 e. The van der Waals surface area contributed by atoms with Gasteiger partial charge in [-0.2, -0.15) is 13.2 Å². The number of alkyl halides is 3. The number of rotatable bonds is 5. The number of H-pyrrole nitrogens is 1. The molecular weight excluding hydrogens is 297 g/mol. The van der Waals surface area contributed by atoms with Gasteiger partial charge < -0.3 is 10.3 Å². The largest absolute Gasteiger partial charge is 0.441 e. The van der Waals surface area contributed by atoms with Gasteiger partial charge in [-0.3, -0.25) is 0 Å². The first-order valence-corrected chi connectivity index (χ1v) is 7.00. The van der Waals surface area contributed by atoms with E-state index < -0.39 is 5.51 Å². The van der Waals surface area contributed by atoms with Crippen molar-refractivity contribution < 1.29 is 13.2 Å². The fraction of sp³-hybridized carbons (Fsp3) is 0.333. The van der Waals surface area contributed by atoms with E-state index in [0.29, 0.717) is 11.6 Å². The highest BCUT2D eigenvalue weighted by Crippen LogP contribution is 2.29. The lowest BCUT2D eigenvalue weighted by atomic mass is 10.2. The summed E-state index contributed by atoms with van der Waals surface area (Å²) < 4.78 is 35.8. The summed E-state index contributed by atoms with van der Waals surface area (Å²) in [4.78, 5) is 3.15. The lowest BCUT2D eigenvalue weighted by Crippen LogP contribution is -2.18. The molecule has 0 spiro atoms. The molecule has 0 fully saturated rings. The van der Waals surface area contributed by atoms with Crippen LogP contribution in [0.2, 0.25) is 5.02 Å². The van der Waals surface area contributed by atoms with Gasteiger partial charge in [-0.05, 0) is 17.8 Å². The third kappa shape index (κ3) is 4.06.